The van der Waals surface area contributed by atoms with Gasteiger partial charge in [0.2, 0.25) is 16.9 Å². The summed E-state index contributed by atoms with van der Waals surface area (Å²) in [7, 11) is 0. The minimum Gasteiger partial charge on any atom is -0.462 e. The van der Waals surface area contributed by atoms with E-state index in [1.54, 1.807) is 18.3 Å². The Morgan fingerprint density at radius 3 is 2.83 bits per heavy atom. The van der Waals surface area contributed by atoms with Crippen molar-refractivity contribution in [1.29, 1.82) is 0 Å². The molecule has 0 bridgehead atoms. The highest BCUT2D eigenvalue weighted by atomic mass is 32.2. The van der Waals surface area contributed by atoms with Gasteiger partial charge < -0.3 is 14.9 Å². The number of esters is 1. The standard InChI is InChI=1S/C18H19N5O5S2/c1-3-27-17(26)13-9(2)28-16(14(13)15(19)25)21-12(24)8-30-18-20-11(22-23-18)7-10-5-4-6-29-10/h4-6H,3,7-8H2,1-2H3,(H2,19,25)(H,21,24)(H,20,22,23). The number of amides is 2. The second-order valence-electron chi connectivity index (χ2n) is 5.98. The molecule has 30 heavy (non-hydrogen) atoms. The molecule has 2 amide bonds. The van der Waals surface area contributed by atoms with Crippen LogP contribution in [0.5, 0.6) is 0 Å². The van der Waals surface area contributed by atoms with Crippen LogP contribution in [0.3, 0.4) is 0 Å². The molecule has 3 aromatic heterocycles. The van der Waals surface area contributed by atoms with Gasteiger partial charge in [-0.25, -0.2) is 9.78 Å². The molecule has 0 atom stereocenters. The summed E-state index contributed by atoms with van der Waals surface area (Å²) in [5.41, 5.74) is 5.06. The summed E-state index contributed by atoms with van der Waals surface area (Å²) in [5, 5.41) is 11.8. The van der Waals surface area contributed by atoms with E-state index in [9.17, 15) is 14.4 Å². The molecule has 158 valence electrons. The molecule has 0 fully saturated rings. The number of hydrogen-bond donors (Lipinski definition) is 3. The Balaban J connectivity index is 1.64. The van der Waals surface area contributed by atoms with Gasteiger partial charge in [0.05, 0.1) is 12.4 Å². The van der Waals surface area contributed by atoms with Gasteiger partial charge in [-0.1, -0.05) is 17.8 Å². The summed E-state index contributed by atoms with van der Waals surface area (Å²) in [6.07, 6.45) is 0.627. The van der Waals surface area contributed by atoms with Crippen molar-refractivity contribution in [2.24, 2.45) is 5.73 Å². The molecule has 0 saturated carbocycles. The second kappa shape index (κ2) is 9.59. The van der Waals surface area contributed by atoms with Crippen LogP contribution in [-0.4, -0.2) is 45.3 Å². The van der Waals surface area contributed by atoms with E-state index < -0.39 is 17.8 Å². The molecule has 0 aliphatic heterocycles. The number of nitrogens with one attached hydrogen (secondary N) is 2. The molecule has 4 N–H and O–H groups in total. The van der Waals surface area contributed by atoms with E-state index in [4.69, 9.17) is 14.9 Å². The van der Waals surface area contributed by atoms with Crippen LogP contribution in [0.1, 0.15) is 44.1 Å². The fourth-order valence-electron chi connectivity index (χ4n) is 2.61. The molecule has 0 radical (unpaired) electrons. The highest BCUT2D eigenvalue weighted by Gasteiger charge is 2.29. The molecule has 0 aromatic carbocycles. The Labute approximate surface area is 179 Å². The lowest BCUT2D eigenvalue weighted by atomic mass is 10.1. The van der Waals surface area contributed by atoms with Crippen LogP contribution in [0.4, 0.5) is 5.88 Å². The Morgan fingerprint density at radius 2 is 2.17 bits per heavy atom. The van der Waals surface area contributed by atoms with E-state index in [0.717, 1.165) is 16.6 Å². The number of thioether (sulfide) groups is 1. The molecule has 3 heterocycles. The number of aromatic nitrogens is 3. The fourth-order valence-corrected chi connectivity index (χ4v) is 3.94. The quantitative estimate of drug-likeness (QED) is 0.332. The third-order valence-corrected chi connectivity index (χ3v) is 5.55. The van der Waals surface area contributed by atoms with Crippen molar-refractivity contribution in [2.75, 3.05) is 17.7 Å². The summed E-state index contributed by atoms with van der Waals surface area (Å²) in [6, 6.07) is 3.96. The molecule has 10 nitrogen and oxygen atoms in total. The number of hydrogen-bond acceptors (Lipinski definition) is 9. The number of ether oxygens (including phenoxy) is 1. The number of nitrogens with two attached hydrogens (primary N) is 1. The van der Waals surface area contributed by atoms with E-state index >= 15 is 0 Å². The van der Waals surface area contributed by atoms with Crippen LogP contribution in [0.2, 0.25) is 0 Å². The first-order chi connectivity index (χ1) is 14.4. The Bertz CT molecular complexity index is 1060. The van der Waals surface area contributed by atoms with E-state index in [1.165, 1.54) is 6.92 Å². The predicted octanol–water partition coefficient (Wildman–Crippen LogP) is 2.36. The van der Waals surface area contributed by atoms with Crippen LogP contribution in [0.15, 0.2) is 27.1 Å². The average molecular weight is 450 g/mol. The zero-order valence-corrected chi connectivity index (χ0v) is 17.8. The first-order valence-electron chi connectivity index (χ1n) is 8.85. The molecule has 0 spiro atoms. The molecule has 0 aliphatic carbocycles. The molecular weight excluding hydrogens is 430 g/mol. The van der Waals surface area contributed by atoms with E-state index in [0.29, 0.717) is 17.4 Å². The molecule has 0 aliphatic rings. The van der Waals surface area contributed by atoms with Gasteiger partial charge in [0, 0.05) is 11.3 Å². The number of carbonyl (C=O) groups excluding carboxylic acids is 3. The third kappa shape index (κ3) is 5.07. The first-order valence-corrected chi connectivity index (χ1v) is 10.7. The summed E-state index contributed by atoms with van der Waals surface area (Å²) in [6.45, 7) is 3.23. The van der Waals surface area contributed by atoms with Crippen LogP contribution in [0.25, 0.3) is 0 Å². The molecule has 0 saturated heterocycles. The number of primary amides is 1. The van der Waals surface area contributed by atoms with Crippen molar-refractivity contribution in [3.63, 3.8) is 0 Å². The number of anilines is 1. The van der Waals surface area contributed by atoms with Crippen molar-refractivity contribution in [2.45, 2.75) is 25.4 Å². The van der Waals surface area contributed by atoms with E-state index in [-0.39, 0.29) is 35.1 Å². The van der Waals surface area contributed by atoms with Crippen molar-refractivity contribution in [1.82, 2.24) is 15.2 Å². The maximum Gasteiger partial charge on any atom is 0.342 e. The van der Waals surface area contributed by atoms with Crippen molar-refractivity contribution < 1.29 is 23.5 Å². The lowest BCUT2D eigenvalue weighted by Gasteiger charge is -2.04. The number of thiophene rings is 1. The van der Waals surface area contributed by atoms with Gasteiger partial charge in [0.25, 0.3) is 5.91 Å². The van der Waals surface area contributed by atoms with Crippen LogP contribution in [0, 0.1) is 6.92 Å². The third-order valence-electron chi connectivity index (χ3n) is 3.83. The SMILES string of the molecule is CCOC(=O)c1c(C)oc(NC(=O)CSc2n[nH]c(Cc3cccs3)n2)c1C(N)=O. The molecule has 12 heteroatoms. The van der Waals surface area contributed by atoms with Gasteiger partial charge in [-0.05, 0) is 25.3 Å². The van der Waals surface area contributed by atoms with E-state index in [1.807, 2.05) is 17.5 Å². The minimum absolute atomic E-state index is 0.0387. The zero-order chi connectivity index (χ0) is 21.7. The average Bonchev–Trinajstić information content (AvgIpc) is 3.41. The van der Waals surface area contributed by atoms with Crippen LogP contribution < -0.4 is 11.1 Å². The lowest BCUT2D eigenvalue weighted by Crippen LogP contribution is -2.21. The maximum atomic E-state index is 12.3. The first kappa shape index (κ1) is 21.6. The van der Waals surface area contributed by atoms with Crippen molar-refractivity contribution in [3.8, 4) is 0 Å². The Kier molecular flexibility index (Phi) is 6.90. The van der Waals surface area contributed by atoms with Gasteiger partial charge in [0.1, 0.15) is 22.7 Å². The van der Waals surface area contributed by atoms with Gasteiger partial charge in [-0.2, -0.15) is 0 Å². The normalized spacial score (nSPS) is 10.7. The number of carbonyl (C=O) groups is 3. The Morgan fingerprint density at radius 1 is 1.37 bits per heavy atom. The van der Waals surface area contributed by atoms with Gasteiger partial charge in [-0.15, -0.1) is 16.4 Å². The molecule has 0 unspecified atom stereocenters. The van der Waals surface area contributed by atoms with Crippen LogP contribution >= 0.6 is 23.1 Å². The molecular formula is C18H19N5O5S2. The zero-order valence-electron chi connectivity index (χ0n) is 16.2. The van der Waals surface area contributed by atoms with E-state index in [2.05, 4.69) is 20.5 Å². The Hall–Kier alpha value is -3.12. The van der Waals surface area contributed by atoms with Crippen molar-refractivity contribution >= 4 is 46.8 Å². The highest BCUT2D eigenvalue weighted by molar-refractivity contribution is 7.99. The molecule has 3 rings (SSSR count). The largest absolute Gasteiger partial charge is 0.462 e. The highest BCUT2D eigenvalue weighted by Crippen LogP contribution is 2.28. The lowest BCUT2D eigenvalue weighted by molar-refractivity contribution is -0.113. The summed E-state index contributed by atoms with van der Waals surface area (Å²) in [4.78, 5) is 41.7. The molecule has 3 aromatic rings. The van der Waals surface area contributed by atoms with Crippen molar-refractivity contribution in [3.05, 3.63) is 45.1 Å². The summed E-state index contributed by atoms with van der Waals surface area (Å²) >= 11 is 2.73. The van der Waals surface area contributed by atoms with Crippen LogP contribution in [-0.2, 0) is 16.0 Å². The number of aryl methyl sites for hydroxylation is 1. The summed E-state index contributed by atoms with van der Waals surface area (Å²) < 4.78 is 10.3. The smallest absolute Gasteiger partial charge is 0.342 e. The van der Waals surface area contributed by atoms with Gasteiger partial charge >= 0.3 is 5.97 Å². The monoisotopic (exact) mass is 449 g/mol. The number of nitrogens with zero attached hydrogens (tertiary/aromatic N) is 2. The predicted molar refractivity (Wildman–Crippen MR) is 111 cm³/mol. The number of aromatic amines is 1. The maximum absolute atomic E-state index is 12.3. The second-order valence-corrected chi connectivity index (χ2v) is 7.95. The fraction of sp³-hybridized carbons (Fsp3) is 0.278. The number of H-pyrrole nitrogens is 1. The number of furan rings is 1. The summed E-state index contributed by atoms with van der Waals surface area (Å²) in [5.74, 6) is -1.55. The van der Waals surface area contributed by atoms with Gasteiger partial charge in [0.15, 0.2) is 0 Å². The number of rotatable bonds is 9. The minimum atomic E-state index is -0.912. The topological polar surface area (TPSA) is 153 Å². The van der Waals surface area contributed by atoms with Gasteiger partial charge in [-0.3, -0.25) is 20.0 Å².